The lowest BCUT2D eigenvalue weighted by Gasteiger charge is -2.03. The summed E-state index contributed by atoms with van der Waals surface area (Å²) in [5.74, 6) is 0. The van der Waals surface area contributed by atoms with E-state index in [2.05, 4.69) is 35.7 Å². The van der Waals surface area contributed by atoms with Crippen LogP contribution in [0, 0.1) is 0 Å². The van der Waals surface area contributed by atoms with E-state index in [0.29, 0.717) is 0 Å². The zero-order valence-corrected chi connectivity index (χ0v) is 10.5. The summed E-state index contributed by atoms with van der Waals surface area (Å²) in [5, 5.41) is 7.96. The van der Waals surface area contributed by atoms with Crippen LogP contribution in [0.2, 0.25) is 0 Å². The van der Waals surface area contributed by atoms with Crippen molar-refractivity contribution in [2.75, 3.05) is 6.54 Å². The van der Waals surface area contributed by atoms with Gasteiger partial charge in [0.1, 0.15) is 0 Å². The number of rotatable bonds is 5. The smallest absolute Gasteiger partial charge is 0.0967 e. The molecule has 0 bridgehead atoms. The summed E-state index contributed by atoms with van der Waals surface area (Å²) in [4.78, 5) is 0. The fraction of sp³-hybridized carbons (Fsp3) is 0.357. The van der Waals surface area contributed by atoms with Crippen molar-refractivity contribution in [2.24, 2.45) is 7.05 Å². The van der Waals surface area contributed by atoms with Crippen LogP contribution >= 0.6 is 0 Å². The first-order valence-corrected chi connectivity index (χ1v) is 6.10. The maximum atomic E-state index is 4.54. The Morgan fingerprint density at radius 1 is 1.24 bits per heavy atom. The van der Waals surface area contributed by atoms with Gasteiger partial charge in [-0.05, 0) is 13.0 Å². The molecule has 0 saturated heterocycles. The summed E-state index contributed by atoms with van der Waals surface area (Å²) in [6.07, 6.45) is 3.24. The predicted octanol–water partition coefficient (Wildman–Crippen LogP) is 2.59. The molecule has 2 aromatic rings. The van der Waals surface area contributed by atoms with Gasteiger partial charge in [-0.25, -0.2) is 0 Å². The van der Waals surface area contributed by atoms with Crippen molar-refractivity contribution in [2.45, 2.75) is 19.9 Å². The molecule has 1 N–H and O–H groups in total. The van der Waals surface area contributed by atoms with E-state index in [1.54, 1.807) is 0 Å². The Kier molecular flexibility index (Phi) is 3.94. The van der Waals surface area contributed by atoms with Crippen LogP contribution in [0.4, 0.5) is 0 Å². The fourth-order valence-electron chi connectivity index (χ4n) is 1.91. The van der Waals surface area contributed by atoms with Crippen molar-refractivity contribution in [3.63, 3.8) is 0 Å². The van der Waals surface area contributed by atoms with Crippen LogP contribution in [0.1, 0.15) is 18.9 Å². The molecular weight excluding hydrogens is 210 g/mol. The van der Waals surface area contributed by atoms with Crippen molar-refractivity contribution >= 4 is 0 Å². The van der Waals surface area contributed by atoms with Gasteiger partial charge < -0.3 is 5.32 Å². The zero-order chi connectivity index (χ0) is 12.1. The molecular formula is C14H19N3. The van der Waals surface area contributed by atoms with Gasteiger partial charge in [0.2, 0.25) is 0 Å². The lowest BCUT2D eigenvalue weighted by molar-refractivity contribution is 0.675. The number of hydrogen-bond donors (Lipinski definition) is 1. The molecule has 0 atom stereocenters. The van der Waals surface area contributed by atoms with Crippen LogP contribution in [-0.4, -0.2) is 16.3 Å². The first kappa shape index (κ1) is 11.9. The van der Waals surface area contributed by atoms with E-state index in [9.17, 15) is 0 Å². The second kappa shape index (κ2) is 5.64. The molecule has 0 aliphatic rings. The third-order valence-corrected chi connectivity index (χ3v) is 2.69. The summed E-state index contributed by atoms with van der Waals surface area (Å²) in [7, 11) is 1.97. The number of aromatic nitrogens is 2. The van der Waals surface area contributed by atoms with Crippen molar-refractivity contribution in [1.82, 2.24) is 15.1 Å². The Balaban J connectivity index is 2.22. The minimum atomic E-state index is 0.881. The van der Waals surface area contributed by atoms with Crippen molar-refractivity contribution in [1.29, 1.82) is 0 Å². The average Bonchev–Trinajstić information content (AvgIpc) is 2.72. The van der Waals surface area contributed by atoms with Gasteiger partial charge in [0.25, 0.3) is 0 Å². The standard InChI is InChI=1S/C14H19N3/c1-3-9-15-10-13-11-17(2)16-14(13)12-7-5-4-6-8-12/h4-8,11,15H,3,9-10H2,1-2H3. The number of aryl methyl sites for hydroxylation is 1. The third-order valence-electron chi connectivity index (χ3n) is 2.69. The molecule has 1 aromatic carbocycles. The normalized spacial score (nSPS) is 10.7. The van der Waals surface area contributed by atoms with E-state index in [-0.39, 0.29) is 0 Å². The van der Waals surface area contributed by atoms with E-state index >= 15 is 0 Å². The molecule has 0 radical (unpaired) electrons. The minimum Gasteiger partial charge on any atom is -0.313 e. The summed E-state index contributed by atoms with van der Waals surface area (Å²) >= 11 is 0. The highest BCUT2D eigenvalue weighted by atomic mass is 15.3. The number of nitrogens with one attached hydrogen (secondary N) is 1. The van der Waals surface area contributed by atoms with Gasteiger partial charge in [-0.2, -0.15) is 5.10 Å². The van der Waals surface area contributed by atoms with Gasteiger partial charge in [0, 0.05) is 30.9 Å². The molecule has 0 unspecified atom stereocenters. The molecule has 0 saturated carbocycles. The average molecular weight is 229 g/mol. The van der Waals surface area contributed by atoms with Crippen molar-refractivity contribution in [3.8, 4) is 11.3 Å². The molecule has 0 aliphatic heterocycles. The van der Waals surface area contributed by atoms with Crippen LogP contribution in [0.25, 0.3) is 11.3 Å². The van der Waals surface area contributed by atoms with Crippen molar-refractivity contribution in [3.05, 3.63) is 42.1 Å². The quantitative estimate of drug-likeness (QED) is 0.799. The summed E-state index contributed by atoms with van der Waals surface area (Å²) in [6, 6.07) is 10.3. The van der Waals surface area contributed by atoms with Gasteiger partial charge in [-0.15, -0.1) is 0 Å². The van der Waals surface area contributed by atoms with Crippen LogP contribution < -0.4 is 5.32 Å². The van der Waals surface area contributed by atoms with Gasteiger partial charge in [-0.3, -0.25) is 4.68 Å². The Labute approximate surface area is 102 Å². The zero-order valence-electron chi connectivity index (χ0n) is 10.5. The third kappa shape index (κ3) is 2.94. The molecule has 2 rings (SSSR count). The Morgan fingerprint density at radius 3 is 2.71 bits per heavy atom. The highest BCUT2D eigenvalue weighted by molar-refractivity contribution is 5.62. The van der Waals surface area contributed by atoms with E-state index in [1.807, 2.05) is 29.9 Å². The molecule has 3 nitrogen and oxygen atoms in total. The predicted molar refractivity (Wildman–Crippen MR) is 70.6 cm³/mol. The summed E-state index contributed by atoms with van der Waals surface area (Å²) < 4.78 is 1.88. The molecule has 1 heterocycles. The largest absolute Gasteiger partial charge is 0.313 e. The fourth-order valence-corrected chi connectivity index (χ4v) is 1.91. The van der Waals surface area contributed by atoms with E-state index in [1.165, 1.54) is 11.1 Å². The van der Waals surface area contributed by atoms with Gasteiger partial charge in [0.05, 0.1) is 5.69 Å². The molecule has 0 fully saturated rings. The van der Waals surface area contributed by atoms with Crippen LogP contribution in [-0.2, 0) is 13.6 Å². The van der Waals surface area contributed by atoms with E-state index in [4.69, 9.17) is 0 Å². The highest BCUT2D eigenvalue weighted by Crippen LogP contribution is 2.21. The molecule has 90 valence electrons. The lowest BCUT2D eigenvalue weighted by atomic mass is 10.1. The first-order chi connectivity index (χ1) is 8.31. The molecule has 1 aromatic heterocycles. The van der Waals surface area contributed by atoms with Crippen LogP contribution in [0.15, 0.2) is 36.5 Å². The van der Waals surface area contributed by atoms with E-state index < -0.39 is 0 Å². The second-order valence-corrected chi connectivity index (χ2v) is 4.22. The topological polar surface area (TPSA) is 29.9 Å². The summed E-state index contributed by atoms with van der Waals surface area (Å²) in [5.41, 5.74) is 3.52. The molecule has 17 heavy (non-hydrogen) atoms. The van der Waals surface area contributed by atoms with Gasteiger partial charge in [0.15, 0.2) is 0 Å². The van der Waals surface area contributed by atoms with Crippen LogP contribution in [0.5, 0.6) is 0 Å². The molecule has 0 amide bonds. The van der Waals surface area contributed by atoms with Crippen molar-refractivity contribution < 1.29 is 0 Å². The monoisotopic (exact) mass is 229 g/mol. The number of benzene rings is 1. The Morgan fingerprint density at radius 2 is 2.00 bits per heavy atom. The Hall–Kier alpha value is -1.61. The molecule has 0 spiro atoms. The maximum absolute atomic E-state index is 4.54. The number of nitrogens with zero attached hydrogens (tertiary/aromatic N) is 2. The number of hydrogen-bond acceptors (Lipinski definition) is 2. The minimum absolute atomic E-state index is 0.881. The Bertz CT molecular complexity index is 460. The SMILES string of the molecule is CCCNCc1cn(C)nc1-c1ccccc1. The molecule has 3 heteroatoms. The van der Waals surface area contributed by atoms with Gasteiger partial charge in [-0.1, -0.05) is 37.3 Å². The lowest BCUT2D eigenvalue weighted by Crippen LogP contribution is -2.13. The molecule has 0 aliphatic carbocycles. The highest BCUT2D eigenvalue weighted by Gasteiger charge is 2.08. The first-order valence-electron chi connectivity index (χ1n) is 6.10. The van der Waals surface area contributed by atoms with Gasteiger partial charge >= 0.3 is 0 Å². The van der Waals surface area contributed by atoms with Crippen LogP contribution in [0.3, 0.4) is 0 Å². The summed E-state index contributed by atoms with van der Waals surface area (Å²) in [6.45, 7) is 4.10. The maximum Gasteiger partial charge on any atom is 0.0967 e. The van der Waals surface area contributed by atoms with E-state index in [0.717, 1.165) is 25.2 Å². The second-order valence-electron chi connectivity index (χ2n) is 4.22.